The summed E-state index contributed by atoms with van der Waals surface area (Å²) in [5.74, 6) is -1.73. The summed E-state index contributed by atoms with van der Waals surface area (Å²) in [5, 5.41) is 33.4. The second kappa shape index (κ2) is 3.83. The first kappa shape index (κ1) is 10.1. The van der Waals surface area contributed by atoms with Crippen molar-refractivity contribution in [3.63, 3.8) is 0 Å². The molecule has 1 aromatic heterocycles. The number of nitrogens with one attached hydrogen (secondary N) is 1. The van der Waals surface area contributed by atoms with Gasteiger partial charge < -0.3 is 20.3 Å². The summed E-state index contributed by atoms with van der Waals surface area (Å²) < 4.78 is 0. The molecule has 8 nitrogen and oxygen atoms in total. The highest BCUT2D eigenvalue weighted by atomic mass is 16.6. The summed E-state index contributed by atoms with van der Waals surface area (Å²) in [6, 6.07) is 0. The topological polar surface area (TPSA) is 129 Å². The number of rotatable bonds is 4. The van der Waals surface area contributed by atoms with Crippen molar-refractivity contribution in [3.05, 3.63) is 21.9 Å². The van der Waals surface area contributed by atoms with Gasteiger partial charge in [0, 0.05) is 0 Å². The number of aliphatic hydroxyl groups is 1. The van der Waals surface area contributed by atoms with E-state index in [2.05, 4.69) is 10.2 Å². The minimum Gasteiger partial charge on any atom is -0.481 e. The van der Waals surface area contributed by atoms with Gasteiger partial charge in [-0.25, -0.2) is 0 Å². The molecular formula is C6H7N3O5. The average molecular weight is 201 g/mol. The van der Waals surface area contributed by atoms with E-state index in [-0.39, 0.29) is 5.56 Å². The van der Waals surface area contributed by atoms with Crippen LogP contribution in [0.25, 0.3) is 0 Å². The molecule has 1 atom stereocenters. The summed E-state index contributed by atoms with van der Waals surface area (Å²) in [5.41, 5.74) is -0.127. The summed E-state index contributed by atoms with van der Waals surface area (Å²) in [7, 11) is 0. The molecule has 1 aromatic rings. The van der Waals surface area contributed by atoms with E-state index in [1.54, 1.807) is 0 Å². The van der Waals surface area contributed by atoms with Crippen molar-refractivity contribution in [3.8, 4) is 0 Å². The predicted molar refractivity (Wildman–Crippen MR) is 42.5 cm³/mol. The third kappa shape index (κ3) is 2.04. The highest BCUT2D eigenvalue weighted by molar-refractivity contribution is 5.67. The maximum absolute atomic E-state index is 10.3. The number of hydrogen-bond acceptors (Lipinski definition) is 5. The van der Waals surface area contributed by atoms with E-state index in [4.69, 9.17) is 5.11 Å². The van der Waals surface area contributed by atoms with E-state index in [0.717, 1.165) is 6.20 Å². The van der Waals surface area contributed by atoms with Crippen molar-refractivity contribution in [1.82, 2.24) is 10.2 Å². The Balaban J connectivity index is 2.89. The molecule has 0 spiro atoms. The molecule has 0 radical (unpaired) electrons. The van der Waals surface area contributed by atoms with Gasteiger partial charge in [-0.15, -0.1) is 5.10 Å². The fourth-order valence-corrected chi connectivity index (χ4v) is 0.954. The molecule has 14 heavy (non-hydrogen) atoms. The Hall–Kier alpha value is -1.96. The molecule has 0 aromatic carbocycles. The van der Waals surface area contributed by atoms with Gasteiger partial charge in [-0.2, -0.15) is 0 Å². The maximum Gasteiger partial charge on any atom is 0.348 e. The van der Waals surface area contributed by atoms with Gasteiger partial charge in [0.15, 0.2) is 0 Å². The Morgan fingerprint density at radius 2 is 2.43 bits per heavy atom. The Labute approximate surface area is 77.3 Å². The van der Waals surface area contributed by atoms with E-state index in [9.17, 15) is 20.0 Å². The first-order valence-electron chi connectivity index (χ1n) is 3.60. The number of carboxylic acid groups (broad SMARTS) is 1. The lowest BCUT2D eigenvalue weighted by molar-refractivity contribution is -0.390. The van der Waals surface area contributed by atoms with Crippen LogP contribution in [0.3, 0.4) is 0 Å². The largest absolute Gasteiger partial charge is 0.481 e. The number of nitro groups is 1. The van der Waals surface area contributed by atoms with Crippen LogP contribution in [0.4, 0.5) is 5.82 Å². The number of H-pyrrole nitrogens is 1. The molecule has 0 aliphatic heterocycles. The smallest absolute Gasteiger partial charge is 0.348 e. The van der Waals surface area contributed by atoms with Gasteiger partial charge in [0.25, 0.3) is 0 Å². The summed E-state index contributed by atoms with van der Waals surface area (Å²) in [6.45, 7) is 0. The van der Waals surface area contributed by atoms with Gasteiger partial charge in [0.2, 0.25) is 0 Å². The van der Waals surface area contributed by atoms with Crippen molar-refractivity contribution in [2.75, 3.05) is 0 Å². The van der Waals surface area contributed by atoms with Gasteiger partial charge in [-0.3, -0.25) is 4.79 Å². The number of carbonyl (C=O) groups is 1. The third-order valence-corrected chi connectivity index (χ3v) is 1.56. The van der Waals surface area contributed by atoms with Gasteiger partial charge in [0.1, 0.15) is 0 Å². The van der Waals surface area contributed by atoms with E-state index in [0.29, 0.717) is 0 Å². The van der Waals surface area contributed by atoms with Crippen molar-refractivity contribution in [1.29, 1.82) is 0 Å². The van der Waals surface area contributed by atoms with Crippen LogP contribution < -0.4 is 0 Å². The predicted octanol–water partition coefficient (Wildman–Crippen LogP) is -0.174. The number of aliphatic hydroxyl groups excluding tert-OH is 1. The van der Waals surface area contributed by atoms with Crippen molar-refractivity contribution >= 4 is 11.8 Å². The summed E-state index contributed by atoms with van der Waals surface area (Å²) in [4.78, 5) is 19.8. The molecule has 0 aliphatic carbocycles. The van der Waals surface area contributed by atoms with Crippen molar-refractivity contribution in [2.45, 2.75) is 12.5 Å². The first-order chi connectivity index (χ1) is 6.52. The van der Waals surface area contributed by atoms with Crippen LogP contribution in [0, 0.1) is 10.1 Å². The zero-order valence-electron chi connectivity index (χ0n) is 6.88. The lowest BCUT2D eigenvalue weighted by Crippen LogP contribution is -2.06. The second-order valence-electron chi connectivity index (χ2n) is 2.54. The van der Waals surface area contributed by atoms with Crippen molar-refractivity contribution in [2.24, 2.45) is 0 Å². The lowest BCUT2D eigenvalue weighted by atomic mass is 10.1. The number of aliphatic carboxylic acids is 1. The minimum absolute atomic E-state index is 0.127. The highest BCUT2D eigenvalue weighted by Gasteiger charge is 2.23. The molecule has 1 heterocycles. The van der Waals surface area contributed by atoms with Crippen LogP contribution in [0.5, 0.6) is 0 Å². The molecule has 0 saturated heterocycles. The number of aromatic nitrogens is 2. The Morgan fingerprint density at radius 1 is 1.79 bits per heavy atom. The Kier molecular flexibility index (Phi) is 2.77. The van der Waals surface area contributed by atoms with Crippen LogP contribution >= 0.6 is 0 Å². The average Bonchev–Trinajstić information content (AvgIpc) is 2.49. The molecule has 8 heteroatoms. The summed E-state index contributed by atoms with van der Waals surface area (Å²) in [6.07, 6.45) is -0.988. The quantitative estimate of drug-likeness (QED) is 0.457. The fraction of sp³-hybridized carbons (Fsp3) is 0.333. The molecule has 0 bridgehead atoms. The van der Waals surface area contributed by atoms with E-state index < -0.39 is 29.2 Å². The highest BCUT2D eigenvalue weighted by Crippen LogP contribution is 2.24. The van der Waals surface area contributed by atoms with Crippen LogP contribution in [-0.4, -0.2) is 31.3 Å². The third-order valence-electron chi connectivity index (χ3n) is 1.56. The van der Waals surface area contributed by atoms with E-state index in [1.165, 1.54) is 0 Å². The SMILES string of the molecule is O=C(O)CC(O)c1cn[nH]c1[N+](=O)[O-]. The molecule has 3 N–H and O–H groups in total. The van der Waals surface area contributed by atoms with Crippen LogP contribution in [-0.2, 0) is 4.79 Å². The zero-order valence-corrected chi connectivity index (χ0v) is 6.88. The molecule has 0 amide bonds. The lowest BCUT2D eigenvalue weighted by Gasteiger charge is -2.03. The van der Waals surface area contributed by atoms with E-state index in [1.807, 2.05) is 0 Å². The number of carboxylic acids is 1. The van der Waals surface area contributed by atoms with Crippen molar-refractivity contribution < 1.29 is 19.9 Å². The van der Waals surface area contributed by atoms with E-state index >= 15 is 0 Å². The molecule has 1 unspecified atom stereocenters. The zero-order chi connectivity index (χ0) is 10.7. The van der Waals surface area contributed by atoms with Crippen LogP contribution in [0.15, 0.2) is 6.20 Å². The fourth-order valence-electron chi connectivity index (χ4n) is 0.954. The van der Waals surface area contributed by atoms with Gasteiger partial charge >= 0.3 is 11.8 Å². The molecule has 0 saturated carbocycles. The minimum atomic E-state index is -1.42. The molecular weight excluding hydrogens is 194 g/mol. The number of nitrogens with zero attached hydrogens (tertiary/aromatic N) is 2. The molecule has 0 aliphatic rings. The summed E-state index contributed by atoms with van der Waals surface area (Å²) >= 11 is 0. The molecule has 0 fully saturated rings. The maximum atomic E-state index is 10.3. The normalized spacial score (nSPS) is 12.4. The standard InChI is InChI=1S/C6H7N3O5/c10-4(1-5(11)12)3-2-7-8-6(3)9(13)14/h2,4,10H,1H2,(H,7,8)(H,11,12). The second-order valence-corrected chi connectivity index (χ2v) is 2.54. The molecule has 1 rings (SSSR count). The number of hydrogen-bond donors (Lipinski definition) is 3. The van der Waals surface area contributed by atoms with Gasteiger partial charge in [-0.05, 0) is 4.92 Å². The monoisotopic (exact) mass is 201 g/mol. The van der Waals surface area contributed by atoms with Crippen LogP contribution in [0.2, 0.25) is 0 Å². The number of aromatic amines is 1. The first-order valence-corrected chi connectivity index (χ1v) is 3.60. The Morgan fingerprint density at radius 3 is 2.93 bits per heavy atom. The molecule has 76 valence electrons. The Bertz CT molecular complexity index is 360. The van der Waals surface area contributed by atoms with Gasteiger partial charge in [-0.1, -0.05) is 5.10 Å². The van der Waals surface area contributed by atoms with Gasteiger partial charge in [0.05, 0.1) is 24.3 Å². The van der Waals surface area contributed by atoms with Crippen LogP contribution in [0.1, 0.15) is 18.1 Å².